The molecule has 1 aliphatic heterocycles. The summed E-state index contributed by atoms with van der Waals surface area (Å²) < 4.78 is 0. The highest BCUT2D eigenvalue weighted by Crippen LogP contribution is 2.59. The minimum Gasteiger partial charge on any atom is -0.305 e. The van der Waals surface area contributed by atoms with Gasteiger partial charge in [0.15, 0.2) is 5.17 Å². The van der Waals surface area contributed by atoms with Crippen molar-refractivity contribution in [1.29, 1.82) is 0 Å². The summed E-state index contributed by atoms with van der Waals surface area (Å²) >= 11 is 1.63. The van der Waals surface area contributed by atoms with Crippen molar-refractivity contribution in [3.8, 4) is 0 Å². The molecule has 0 bridgehead atoms. The summed E-state index contributed by atoms with van der Waals surface area (Å²) in [6.07, 6.45) is 2.22. The Morgan fingerprint density at radius 1 is 1.53 bits per heavy atom. The van der Waals surface area contributed by atoms with Crippen LogP contribution in [0.3, 0.4) is 0 Å². The van der Waals surface area contributed by atoms with Crippen LogP contribution in [0.25, 0.3) is 0 Å². The number of amides is 1. The van der Waals surface area contributed by atoms with E-state index in [-0.39, 0.29) is 17.2 Å². The van der Waals surface area contributed by atoms with Gasteiger partial charge in [-0.25, -0.2) is 0 Å². The molecule has 0 aromatic rings. The predicted octanol–water partition coefficient (Wildman–Crippen LogP) is 2.44. The van der Waals surface area contributed by atoms with E-state index in [9.17, 15) is 4.79 Å². The zero-order valence-electron chi connectivity index (χ0n) is 10.9. The molecular formula is C13H20N2OS. The van der Waals surface area contributed by atoms with Crippen LogP contribution in [0.5, 0.6) is 0 Å². The van der Waals surface area contributed by atoms with E-state index in [0.29, 0.717) is 5.92 Å². The summed E-state index contributed by atoms with van der Waals surface area (Å²) in [6, 6.07) is 0. The molecule has 2 atom stereocenters. The smallest absolute Gasteiger partial charge is 0.230 e. The average molecular weight is 252 g/mol. The summed E-state index contributed by atoms with van der Waals surface area (Å²) in [6.45, 7) is 9.31. The van der Waals surface area contributed by atoms with Gasteiger partial charge in [0.05, 0.1) is 12.5 Å². The Balaban J connectivity index is 1.99. The minimum absolute atomic E-state index is 0.0885. The van der Waals surface area contributed by atoms with Crippen molar-refractivity contribution in [2.45, 2.75) is 27.7 Å². The van der Waals surface area contributed by atoms with Crippen LogP contribution in [0.15, 0.2) is 16.6 Å². The van der Waals surface area contributed by atoms with Gasteiger partial charge in [0, 0.05) is 5.75 Å². The van der Waals surface area contributed by atoms with Gasteiger partial charge in [-0.2, -0.15) is 0 Å². The highest BCUT2D eigenvalue weighted by atomic mass is 32.2. The SMILES string of the molecule is CC(C)=C[C@H]1[C@@H](C(=O)NC2=NCCS2)C1(C)C. The van der Waals surface area contributed by atoms with E-state index in [0.717, 1.165) is 17.5 Å². The van der Waals surface area contributed by atoms with Gasteiger partial charge in [-0.3, -0.25) is 9.79 Å². The molecule has 2 rings (SSSR count). The Kier molecular flexibility index (Phi) is 3.34. The Morgan fingerprint density at radius 3 is 2.76 bits per heavy atom. The first-order chi connectivity index (χ1) is 7.93. The number of allylic oxidation sites excluding steroid dienone is 2. The second-order valence-electron chi connectivity index (χ2n) is 5.59. The van der Waals surface area contributed by atoms with E-state index in [1.54, 1.807) is 11.8 Å². The number of hydrogen-bond donors (Lipinski definition) is 1. The topological polar surface area (TPSA) is 41.5 Å². The molecular weight excluding hydrogens is 232 g/mol. The number of amidine groups is 1. The summed E-state index contributed by atoms with van der Waals surface area (Å²) in [5.41, 5.74) is 1.37. The van der Waals surface area contributed by atoms with Crippen LogP contribution in [-0.4, -0.2) is 23.4 Å². The van der Waals surface area contributed by atoms with Gasteiger partial charge in [0.25, 0.3) is 0 Å². The maximum absolute atomic E-state index is 12.1. The lowest BCUT2D eigenvalue weighted by molar-refractivity contribution is -0.121. The van der Waals surface area contributed by atoms with E-state index < -0.39 is 0 Å². The number of carbonyl (C=O) groups excluding carboxylic acids is 1. The van der Waals surface area contributed by atoms with Gasteiger partial charge < -0.3 is 5.32 Å². The lowest BCUT2D eigenvalue weighted by Gasteiger charge is -2.04. The molecule has 4 heteroatoms. The van der Waals surface area contributed by atoms with Crippen molar-refractivity contribution in [2.24, 2.45) is 22.2 Å². The standard InChI is InChI=1S/C13H20N2OS/c1-8(2)7-9-10(13(9,3)4)11(16)15-12-14-5-6-17-12/h7,9-10H,5-6H2,1-4H3,(H,14,15,16)/t9-,10-/m0/s1. The van der Waals surface area contributed by atoms with Gasteiger partial charge in [0.1, 0.15) is 0 Å². The Morgan fingerprint density at radius 2 is 2.24 bits per heavy atom. The Hall–Kier alpha value is -0.770. The van der Waals surface area contributed by atoms with Crippen molar-refractivity contribution in [1.82, 2.24) is 5.32 Å². The summed E-state index contributed by atoms with van der Waals surface area (Å²) in [5.74, 6) is 1.59. The van der Waals surface area contributed by atoms with E-state index in [4.69, 9.17) is 0 Å². The second-order valence-corrected chi connectivity index (χ2v) is 6.68. The molecule has 0 aromatic heterocycles. The maximum atomic E-state index is 12.1. The van der Waals surface area contributed by atoms with Gasteiger partial charge in [-0.15, -0.1) is 0 Å². The van der Waals surface area contributed by atoms with Crippen molar-refractivity contribution >= 4 is 22.8 Å². The van der Waals surface area contributed by atoms with E-state index in [2.05, 4.69) is 44.1 Å². The summed E-state index contributed by atoms with van der Waals surface area (Å²) in [5, 5.41) is 3.74. The normalized spacial score (nSPS) is 29.5. The largest absolute Gasteiger partial charge is 0.305 e. The zero-order valence-corrected chi connectivity index (χ0v) is 11.7. The van der Waals surface area contributed by atoms with Crippen LogP contribution >= 0.6 is 11.8 Å². The van der Waals surface area contributed by atoms with Crippen molar-refractivity contribution in [3.05, 3.63) is 11.6 Å². The monoisotopic (exact) mass is 252 g/mol. The molecule has 0 unspecified atom stereocenters. The number of aliphatic imine (C=N–C) groups is 1. The molecule has 0 spiro atoms. The highest BCUT2D eigenvalue weighted by molar-refractivity contribution is 8.14. The first kappa shape index (κ1) is 12.7. The number of nitrogens with zero attached hydrogens (tertiary/aromatic N) is 1. The fraction of sp³-hybridized carbons (Fsp3) is 0.692. The van der Waals surface area contributed by atoms with Gasteiger partial charge in [-0.05, 0) is 25.2 Å². The fourth-order valence-electron chi connectivity index (χ4n) is 2.44. The number of nitrogens with one attached hydrogen (secondary N) is 1. The van der Waals surface area contributed by atoms with Crippen molar-refractivity contribution in [2.75, 3.05) is 12.3 Å². The van der Waals surface area contributed by atoms with Crippen LogP contribution in [0.1, 0.15) is 27.7 Å². The predicted molar refractivity (Wildman–Crippen MR) is 73.1 cm³/mol. The van der Waals surface area contributed by atoms with Gasteiger partial charge in [0.2, 0.25) is 5.91 Å². The third-order valence-corrected chi connectivity index (χ3v) is 4.41. The lowest BCUT2D eigenvalue weighted by Crippen LogP contribution is -2.30. The van der Waals surface area contributed by atoms with Gasteiger partial charge in [-0.1, -0.05) is 37.3 Å². The lowest BCUT2D eigenvalue weighted by atomic mass is 10.1. The molecule has 1 aliphatic carbocycles. The molecule has 0 radical (unpaired) electrons. The summed E-state index contributed by atoms with van der Waals surface area (Å²) in [4.78, 5) is 16.4. The van der Waals surface area contributed by atoms with E-state index >= 15 is 0 Å². The quantitative estimate of drug-likeness (QED) is 0.767. The molecule has 1 N–H and O–H groups in total. The van der Waals surface area contributed by atoms with Crippen molar-refractivity contribution < 1.29 is 4.79 Å². The van der Waals surface area contributed by atoms with Crippen LogP contribution < -0.4 is 5.32 Å². The first-order valence-corrected chi connectivity index (χ1v) is 7.04. The molecule has 17 heavy (non-hydrogen) atoms. The number of thioether (sulfide) groups is 1. The number of hydrogen-bond acceptors (Lipinski definition) is 3. The van der Waals surface area contributed by atoms with Gasteiger partial charge >= 0.3 is 0 Å². The molecule has 3 nitrogen and oxygen atoms in total. The molecule has 1 saturated carbocycles. The number of carbonyl (C=O) groups is 1. The zero-order chi connectivity index (χ0) is 12.6. The minimum atomic E-state index is 0.0885. The first-order valence-electron chi connectivity index (χ1n) is 6.06. The molecule has 1 amide bonds. The molecule has 0 saturated heterocycles. The maximum Gasteiger partial charge on any atom is 0.230 e. The third kappa shape index (κ3) is 2.57. The van der Waals surface area contributed by atoms with E-state index in [1.807, 2.05) is 0 Å². The van der Waals surface area contributed by atoms with Crippen LogP contribution in [0, 0.1) is 17.3 Å². The molecule has 1 heterocycles. The Labute approximate surface area is 107 Å². The molecule has 2 aliphatic rings. The third-order valence-electron chi connectivity index (χ3n) is 3.52. The molecule has 94 valence electrons. The van der Waals surface area contributed by atoms with Crippen LogP contribution in [0.4, 0.5) is 0 Å². The molecule has 1 fully saturated rings. The van der Waals surface area contributed by atoms with E-state index in [1.165, 1.54) is 5.57 Å². The fourth-order valence-corrected chi connectivity index (χ4v) is 3.17. The second kappa shape index (κ2) is 4.48. The highest BCUT2D eigenvalue weighted by Gasteiger charge is 2.60. The average Bonchev–Trinajstić information content (AvgIpc) is 2.64. The van der Waals surface area contributed by atoms with Crippen LogP contribution in [0.2, 0.25) is 0 Å². The van der Waals surface area contributed by atoms with Crippen LogP contribution in [-0.2, 0) is 4.79 Å². The molecule has 0 aromatic carbocycles. The van der Waals surface area contributed by atoms with Crippen molar-refractivity contribution in [3.63, 3.8) is 0 Å². The summed E-state index contributed by atoms with van der Waals surface area (Å²) in [7, 11) is 0. The number of rotatable bonds is 2. The Bertz CT molecular complexity index is 394.